The second kappa shape index (κ2) is 4.63. The molecule has 0 bridgehead atoms. The molecular weight excluding hydrogens is 208 g/mol. The molecule has 1 N–H and O–H groups in total. The third-order valence-corrected chi connectivity index (χ3v) is 3.10. The third-order valence-electron chi connectivity index (χ3n) is 2.13. The molecule has 2 rings (SSSR count). The minimum atomic E-state index is 0.454. The fraction of sp³-hybridized carbons (Fsp3) is 0.500. The first-order valence-electron chi connectivity index (χ1n) is 5.09. The zero-order valence-electron chi connectivity index (χ0n) is 8.90. The Labute approximate surface area is 92.8 Å². The molecule has 0 aromatic carbocycles. The van der Waals surface area contributed by atoms with Gasteiger partial charge in [0.25, 0.3) is 0 Å². The van der Waals surface area contributed by atoms with Gasteiger partial charge in [0.15, 0.2) is 10.5 Å². The lowest BCUT2D eigenvalue weighted by atomic mass is 10.2. The summed E-state index contributed by atoms with van der Waals surface area (Å²) in [6, 6.07) is 0.454. The third kappa shape index (κ3) is 2.49. The van der Waals surface area contributed by atoms with Gasteiger partial charge in [-0.05, 0) is 13.5 Å². The van der Waals surface area contributed by atoms with E-state index in [4.69, 9.17) is 0 Å². The van der Waals surface area contributed by atoms with Crippen LogP contribution in [0.4, 0.5) is 0 Å². The van der Waals surface area contributed by atoms with E-state index in [0.717, 1.165) is 28.5 Å². The van der Waals surface area contributed by atoms with Gasteiger partial charge in [-0.25, -0.2) is 15.0 Å². The van der Waals surface area contributed by atoms with Crippen molar-refractivity contribution in [1.82, 2.24) is 20.3 Å². The summed E-state index contributed by atoms with van der Waals surface area (Å²) in [5, 5.41) is 4.47. The second-order valence-corrected chi connectivity index (χ2v) is 4.52. The number of nitrogens with one attached hydrogen (secondary N) is 1. The first-order chi connectivity index (χ1) is 7.29. The fourth-order valence-electron chi connectivity index (χ4n) is 1.49. The molecule has 1 atom stereocenters. The Balaban J connectivity index is 2.15. The molecule has 2 aromatic heterocycles. The van der Waals surface area contributed by atoms with Gasteiger partial charge < -0.3 is 5.32 Å². The Morgan fingerprint density at radius 3 is 2.93 bits per heavy atom. The average Bonchev–Trinajstić information content (AvgIpc) is 2.59. The Bertz CT molecular complexity index is 407. The highest BCUT2D eigenvalue weighted by molar-refractivity contribution is 7.18. The highest BCUT2D eigenvalue weighted by atomic mass is 32.1. The summed E-state index contributed by atoms with van der Waals surface area (Å²) in [6.07, 6.45) is 4.33. The van der Waals surface area contributed by atoms with Gasteiger partial charge in [-0.15, -0.1) is 0 Å². The summed E-state index contributed by atoms with van der Waals surface area (Å²) in [7, 11) is 0. The van der Waals surface area contributed by atoms with Gasteiger partial charge in [-0.3, -0.25) is 0 Å². The second-order valence-electron chi connectivity index (χ2n) is 3.46. The van der Waals surface area contributed by atoms with Crippen molar-refractivity contribution in [3.8, 4) is 0 Å². The van der Waals surface area contributed by atoms with Gasteiger partial charge in [0.05, 0.1) is 5.01 Å². The standard InChI is InChI=1S/C10H14N4S/c1-3-11-7(2)6-8-14-9-10(15-8)13-5-4-12-9/h4-5,7,11H,3,6H2,1-2H3. The number of hydrogen-bond donors (Lipinski definition) is 1. The van der Waals surface area contributed by atoms with Crippen molar-refractivity contribution in [3.63, 3.8) is 0 Å². The molecule has 0 fully saturated rings. The van der Waals surface area contributed by atoms with Crippen molar-refractivity contribution >= 4 is 21.8 Å². The van der Waals surface area contributed by atoms with E-state index < -0.39 is 0 Å². The van der Waals surface area contributed by atoms with E-state index in [1.807, 2.05) is 0 Å². The number of hydrogen-bond acceptors (Lipinski definition) is 5. The van der Waals surface area contributed by atoms with Gasteiger partial charge in [0, 0.05) is 24.9 Å². The van der Waals surface area contributed by atoms with Gasteiger partial charge in [-0.1, -0.05) is 18.3 Å². The van der Waals surface area contributed by atoms with Crippen molar-refractivity contribution in [1.29, 1.82) is 0 Å². The summed E-state index contributed by atoms with van der Waals surface area (Å²) in [5.74, 6) is 0. The van der Waals surface area contributed by atoms with Crippen molar-refractivity contribution in [2.75, 3.05) is 6.54 Å². The summed E-state index contributed by atoms with van der Waals surface area (Å²) >= 11 is 1.63. The number of likely N-dealkylation sites (N-methyl/N-ethyl adjacent to an activating group) is 1. The quantitative estimate of drug-likeness (QED) is 0.854. The molecule has 4 nitrogen and oxygen atoms in total. The normalized spacial score (nSPS) is 13.2. The van der Waals surface area contributed by atoms with E-state index in [2.05, 4.69) is 34.1 Å². The molecule has 0 saturated carbocycles. The first-order valence-corrected chi connectivity index (χ1v) is 5.91. The number of nitrogens with zero attached hydrogens (tertiary/aromatic N) is 3. The van der Waals surface area contributed by atoms with E-state index in [0.29, 0.717) is 6.04 Å². The maximum Gasteiger partial charge on any atom is 0.189 e. The summed E-state index contributed by atoms with van der Waals surface area (Å²) < 4.78 is 0. The predicted octanol–water partition coefficient (Wildman–Crippen LogP) is 1.63. The molecule has 0 saturated heterocycles. The fourth-order valence-corrected chi connectivity index (χ4v) is 2.48. The van der Waals surface area contributed by atoms with E-state index in [9.17, 15) is 0 Å². The number of thiazole rings is 1. The Kier molecular flexibility index (Phi) is 3.23. The molecule has 0 aliphatic rings. The predicted molar refractivity (Wildman–Crippen MR) is 62.1 cm³/mol. The Morgan fingerprint density at radius 1 is 1.40 bits per heavy atom. The van der Waals surface area contributed by atoms with Crippen LogP contribution in [0.1, 0.15) is 18.9 Å². The lowest BCUT2D eigenvalue weighted by Crippen LogP contribution is -2.27. The van der Waals surface area contributed by atoms with Crippen molar-refractivity contribution in [2.24, 2.45) is 0 Å². The van der Waals surface area contributed by atoms with Crippen molar-refractivity contribution in [3.05, 3.63) is 17.4 Å². The zero-order chi connectivity index (χ0) is 10.7. The van der Waals surface area contributed by atoms with Crippen LogP contribution in [-0.2, 0) is 6.42 Å². The minimum absolute atomic E-state index is 0.454. The molecule has 2 aromatic rings. The zero-order valence-corrected chi connectivity index (χ0v) is 9.71. The van der Waals surface area contributed by atoms with E-state index >= 15 is 0 Å². The monoisotopic (exact) mass is 222 g/mol. The average molecular weight is 222 g/mol. The van der Waals surface area contributed by atoms with Crippen LogP contribution in [0.25, 0.3) is 10.5 Å². The maximum atomic E-state index is 4.44. The van der Waals surface area contributed by atoms with Crippen LogP contribution < -0.4 is 5.32 Å². The molecular formula is C10H14N4S. The van der Waals surface area contributed by atoms with Gasteiger partial charge in [-0.2, -0.15) is 0 Å². The lowest BCUT2D eigenvalue weighted by molar-refractivity contribution is 0.564. The Hall–Kier alpha value is -1.07. The van der Waals surface area contributed by atoms with Crippen LogP contribution in [0.15, 0.2) is 12.4 Å². The molecule has 0 radical (unpaired) electrons. The smallest absolute Gasteiger partial charge is 0.189 e. The number of fused-ring (bicyclic) bond motifs is 1. The van der Waals surface area contributed by atoms with Gasteiger partial charge in [0.1, 0.15) is 0 Å². The summed E-state index contributed by atoms with van der Waals surface area (Å²) in [4.78, 5) is 13.8. The van der Waals surface area contributed by atoms with Crippen LogP contribution in [-0.4, -0.2) is 27.5 Å². The van der Waals surface area contributed by atoms with Crippen molar-refractivity contribution < 1.29 is 0 Å². The van der Waals surface area contributed by atoms with Crippen LogP contribution in [0, 0.1) is 0 Å². The van der Waals surface area contributed by atoms with E-state index in [1.54, 1.807) is 23.7 Å². The Morgan fingerprint density at radius 2 is 2.20 bits per heavy atom. The molecule has 2 heterocycles. The molecule has 15 heavy (non-hydrogen) atoms. The lowest BCUT2D eigenvalue weighted by Gasteiger charge is -2.08. The molecule has 80 valence electrons. The highest BCUT2D eigenvalue weighted by Crippen LogP contribution is 2.18. The van der Waals surface area contributed by atoms with E-state index in [1.165, 1.54) is 0 Å². The molecule has 0 aliphatic heterocycles. The molecule has 1 unspecified atom stereocenters. The molecule has 0 spiro atoms. The van der Waals surface area contributed by atoms with Crippen LogP contribution in [0.2, 0.25) is 0 Å². The SMILES string of the molecule is CCNC(C)Cc1nc2nccnc2s1. The maximum absolute atomic E-state index is 4.44. The molecule has 5 heteroatoms. The number of rotatable bonds is 4. The number of aromatic nitrogens is 3. The summed E-state index contributed by atoms with van der Waals surface area (Å²) in [5.41, 5.74) is 0.765. The molecule has 0 aliphatic carbocycles. The topological polar surface area (TPSA) is 50.7 Å². The minimum Gasteiger partial charge on any atom is -0.314 e. The van der Waals surface area contributed by atoms with Crippen molar-refractivity contribution in [2.45, 2.75) is 26.3 Å². The van der Waals surface area contributed by atoms with Crippen LogP contribution in [0.5, 0.6) is 0 Å². The van der Waals surface area contributed by atoms with Crippen LogP contribution in [0.3, 0.4) is 0 Å². The van der Waals surface area contributed by atoms with Crippen LogP contribution >= 0.6 is 11.3 Å². The summed E-state index contributed by atoms with van der Waals surface area (Å²) in [6.45, 7) is 5.26. The first kappa shape index (κ1) is 10.4. The van der Waals surface area contributed by atoms with Gasteiger partial charge >= 0.3 is 0 Å². The largest absolute Gasteiger partial charge is 0.314 e. The highest BCUT2D eigenvalue weighted by Gasteiger charge is 2.08. The molecule has 0 amide bonds. The van der Waals surface area contributed by atoms with Gasteiger partial charge in [0.2, 0.25) is 0 Å². The van der Waals surface area contributed by atoms with E-state index in [-0.39, 0.29) is 0 Å².